The van der Waals surface area contributed by atoms with E-state index in [1.807, 2.05) is 0 Å². The van der Waals surface area contributed by atoms with Gasteiger partial charge in [-0.1, -0.05) is 52.8 Å². The maximum Gasteiger partial charge on any atom is 0.287 e. The maximum atomic E-state index is 5.30. The van der Waals surface area contributed by atoms with Gasteiger partial charge in [0.05, 0.1) is 22.8 Å². The van der Waals surface area contributed by atoms with Crippen molar-refractivity contribution in [2.45, 2.75) is 76.7 Å². The second kappa shape index (κ2) is 5.19. The molecular weight excluding hydrogens is 354 g/mol. The summed E-state index contributed by atoms with van der Waals surface area (Å²) in [5.74, 6) is 0. The molecule has 0 bridgehead atoms. The average molecular weight is 385 g/mol. The van der Waals surface area contributed by atoms with Crippen molar-refractivity contribution >= 4 is 27.6 Å². The molecule has 4 aromatic rings. The molecule has 1 aliphatic heterocycles. The van der Waals surface area contributed by atoms with Crippen LogP contribution in [0.15, 0.2) is 42.6 Å². The molecule has 0 N–H and O–H groups in total. The van der Waals surface area contributed by atoms with E-state index in [9.17, 15) is 0 Å². The van der Waals surface area contributed by atoms with Crippen LogP contribution in [0.5, 0.6) is 0 Å². The van der Waals surface area contributed by atoms with Gasteiger partial charge in [0.25, 0.3) is 5.65 Å². The first-order valence-electron chi connectivity index (χ1n) is 11.2. The van der Waals surface area contributed by atoms with E-state index in [1.165, 1.54) is 47.0 Å². The van der Waals surface area contributed by atoms with Crippen LogP contribution in [0.4, 0.5) is 0 Å². The van der Waals surface area contributed by atoms with Gasteiger partial charge in [-0.25, -0.2) is 9.55 Å². The summed E-state index contributed by atoms with van der Waals surface area (Å²) in [4.78, 5) is 5.30. The fourth-order valence-electron chi connectivity index (χ4n) is 6.80. The van der Waals surface area contributed by atoms with Crippen molar-refractivity contribution in [2.24, 2.45) is 0 Å². The third kappa shape index (κ3) is 1.73. The topological polar surface area (TPSA) is 21.2 Å². The Morgan fingerprint density at radius 2 is 1.86 bits per heavy atom. The Kier molecular flexibility index (Phi) is 3.12. The first-order valence-corrected chi connectivity index (χ1v) is 11.2. The molecule has 3 heteroatoms. The van der Waals surface area contributed by atoms with Crippen LogP contribution in [-0.2, 0) is 16.4 Å². The number of aromatic nitrogens is 3. The van der Waals surface area contributed by atoms with E-state index in [4.69, 9.17) is 4.98 Å². The molecule has 2 aliphatic rings. The maximum absolute atomic E-state index is 5.30. The molecular formula is C26H30N3+. The van der Waals surface area contributed by atoms with Crippen LogP contribution in [-0.4, -0.2) is 9.38 Å². The fraction of sp³-hybridized carbons (Fsp3) is 0.462. The lowest BCUT2D eigenvalue weighted by Crippen LogP contribution is -2.74. The van der Waals surface area contributed by atoms with E-state index in [2.05, 4.69) is 86.2 Å². The molecule has 4 heterocycles. The number of nitrogens with zero attached hydrogens (tertiary/aromatic N) is 3. The zero-order valence-electron chi connectivity index (χ0n) is 18.2. The lowest BCUT2D eigenvalue weighted by Gasteiger charge is -2.59. The Labute approximate surface area is 172 Å². The summed E-state index contributed by atoms with van der Waals surface area (Å²) in [7, 11) is 0. The van der Waals surface area contributed by atoms with E-state index in [0.29, 0.717) is 0 Å². The van der Waals surface area contributed by atoms with Gasteiger partial charge in [-0.3, -0.25) is 0 Å². The summed E-state index contributed by atoms with van der Waals surface area (Å²) >= 11 is 0. The Balaban J connectivity index is 1.99. The summed E-state index contributed by atoms with van der Waals surface area (Å²) < 4.78 is 5.15. The summed E-state index contributed by atoms with van der Waals surface area (Å²) in [6.45, 7) is 11.7. The molecule has 6 rings (SSSR count). The summed E-state index contributed by atoms with van der Waals surface area (Å²) in [5.41, 5.74) is 8.29. The van der Waals surface area contributed by atoms with Gasteiger partial charge in [-0.15, -0.1) is 0 Å². The van der Waals surface area contributed by atoms with Crippen molar-refractivity contribution in [3.8, 4) is 0 Å². The van der Waals surface area contributed by atoms with Crippen molar-refractivity contribution in [1.82, 2.24) is 9.38 Å². The van der Waals surface area contributed by atoms with Crippen LogP contribution in [0.1, 0.15) is 71.6 Å². The van der Waals surface area contributed by atoms with E-state index >= 15 is 0 Å². The Morgan fingerprint density at radius 3 is 2.52 bits per heavy atom. The molecule has 1 aliphatic carbocycles. The largest absolute Gasteiger partial charge is 0.287 e. The molecule has 29 heavy (non-hydrogen) atoms. The van der Waals surface area contributed by atoms with Crippen LogP contribution in [0.3, 0.4) is 0 Å². The minimum atomic E-state index is -0.0234. The highest BCUT2D eigenvalue weighted by Gasteiger charge is 2.66. The van der Waals surface area contributed by atoms with Crippen molar-refractivity contribution in [3.05, 3.63) is 53.9 Å². The van der Waals surface area contributed by atoms with Gasteiger partial charge in [0.15, 0.2) is 5.52 Å². The molecule has 2 atom stereocenters. The van der Waals surface area contributed by atoms with Crippen molar-refractivity contribution in [1.29, 1.82) is 0 Å². The van der Waals surface area contributed by atoms with Crippen LogP contribution >= 0.6 is 0 Å². The highest BCUT2D eigenvalue weighted by Crippen LogP contribution is 2.62. The van der Waals surface area contributed by atoms with E-state index < -0.39 is 0 Å². The number of imidazole rings is 1. The Bertz CT molecular complexity index is 1320. The normalized spacial score (nSPS) is 25.7. The Morgan fingerprint density at radius 1 is 1.03 bits per heavy atom. The molecule has 3 nitrogen and oxygen atoms in total. The summed E-state index contributed by atoms with van der Waals surface area (Å²) in [5, 5.41) is 1.39. The zero-order chi connectivity index (χ0) is 20.2. The number of hydrogen-bond donors (Lipinski definition) is 0. The molecule has 2 unspecified atom stereocenters. The highest BCUT2D eigenvalue weighted by atomic mass is 15.2. The van der Waals surface area contributed by atoms with Gasteiger partial charge < -0.3 is 0 Å². The van der Waals surface area contributed by atoms with Gasteiger partial charge in [-0.2, -0.15) is 4.40 Å². The average Bonchev–Trinajstić information content (AvgIpc) is 3.03. The lowest BCUT2D eigenvalue weighted by molar-refractivity contribution is -0.748. The fourth-order valence-corrected chi connectivity index (χ4v) is 6.80. The smallest absolute Gasteiger partial charge is 0.247 e. The number of fused-ring (bicyclic) bond motifs is 6. The molecule has 1 fully saturated rings. The second-order valence-corrected chi connectivity index (χ2v) is 10.2. The lowest BCUT2D eigenvalue weighted by atomic mass is 9.47. The molecule has 3 aromatic heterocycles. The molecule has 0 radical (unpaired) electrons. The SMILES string of the molecule is CCC12CCC1(CC)[n+]1c3c4c2cccc4nc(C(C)(C)C)c3n2ccccc21. The minimum Gasteiger partial charge on any atom is -0.247 e. The quantitative estimate of drug-likeness (QED) is 0.401. The Hall–Kier alpha value is -2.42. The van der Waals surface area contributed by atoms with E-state index in [0.717, 1.165) is 11.9 Å². The molecule has 148 valence electrons. The van der Waals surface area contributed by atoms with Crippen LogP contribution in [0.25, 0.3) is 27.6 Å². The first kappa shape index (κ1) is 17.4. The van der Waals surface area contributed by atoms with Crippen LogP contribution in [0.2, 0.25) is 0 Å². The number of rotatable bonds is 2. The number of benzene rings is 1. The van der Waals surface area contributed by atoms with Gasteiger partial charge in [0.2, 0.25) is 5.52 Å². The van der Waals surface area contributed by atoms with Crippen LogP contribution in [0, 0.1) is 0 Å². The van der Waals surface area contributed by atoms with Gasteiger partial charge >= 0.3 is 0 Å². The number of pyridine rings is 2. The van der Waals surface area contributed by atoms with E-state index in [-0.39, 0.29) is 16.4 Å². The van der Waals surface area contributed by atoms with Crippen molar-refractivity contribution in [2.75, 3.05) is 0 Å². The standard InChI is InChI=1S/C26H30N3/c1-6-25-14-15-26(25,7-2)29-19-13-8-9-16-28(19)22-21(29)20-17(25)11-10-12-18(20)27-23(22)24(3,4)5/h8-13,16H,6-7,14-15H2,1-5H3/q+1. The molecule has 0 spiro atoms. The predicted molar refractivity (Wildman–Crippen MR) is 119 cm³/mol. The van der Waals surface area contributed by atoms with E-state index in [1.54, 1.807) is 5.56 Å². The van der Waals surface area contributed by atoms with Gasteiger partial charge in [0, 0.05) is 16.9 Å². The highest BCUT2D eigenvalue weighted by molar-refractivity contribution is 6.06. The van der Waals surface area contributed by atoms with Gasteiger partial charge in [-0.05, 0) is 43.4 Å². The third-order valence-corrected chi connectivity index (χ3v) is 8.19. The second-order valence-electron chi connectivity index (χ2n) is 10.2. The number of hydrogen-bond acceptors (Lipinski definition) is 1. The molecule has 0 amide bonds. The molecule has 0 saturated heterocycles. The molecule has 1 aromatic carbocycles. The summed E-state index contributed by atoms with van der Waals surface area (Å²) in [6.07, 6.45) is 7.11. The van der Waals surface area contributed by atoms with Crippen molar-refractivity contribution < 1.29 is 4.57 Å². The molecule has 1 saturated carbocycles. The third-order valence-electron chi connectivity index (χ3n) is 8.19. The minimum absolute atomic E-state index is 0.0234. The van der Waals surface area contributed by atoms with Crippen molar-refractivity contribution in [3.63, 3.8) is 0 Å². The van der Waals surface area contributed by atoms with Crippen LogP contribution < -0.4 is 4.57 Å². The summed E-state index contributed by atoms with van der Waals surface area (Å²) in [6, 6.07) is 13.5. The van der Waals surface area contributed by atoms with Gasteiger partial charge in [0.1, 0.15) is 5.54 Å². The monoisotopic (exact) mass is 384 g/mol. The predicted octanol–water partition coefficient (Wildman–Crippen LogP) is 5.79. The first-order chi connectivity index (χ1) is 13.9. The zero-order valence-corrected chi connectivity index (χ0v) is 18.2.